The topological polar surface area (TPSA) is 72.5 Å². The Balaban J connectivity index is 2.97. The van der Waals surface area contributed by atoms with Gasteiger partial charge in [0.2, 0.25) is 0 Å². The Labute approximate surface area is 131 Å². The molecule has 0 fully saturated rings. The highest BCUT2D eigenvalue weighted by Crippen LogP contribution is 2.22. The molecule has 0 saturated heterocycles. The summed E-state index contributed by atoms with van der Waals surface area (Å²) < 4.78 is 28.3. The summed E-state index contributed by atoms with van der Waals surface area (Å²) >= 11 is 3.15. The zero-order chi connectivity index (χ0) is 15.6. The smallest absolute Gasteiger partial charge is 0.261 e. The second-order valence-electron chi connectivity index (χ2n) is 4.76. The van der Waals surface area contributed by atoms with E-state index in [1.807, 2.05) is 13.8 Å². The summed E-state index contributed by atoms with van der Waals surface area (Å²) in [6, 6.07) is 4.07. The third kappa shape index (κ3) is 5.05. The van der Waals surface area contributed by atoms with Gasteiger partial charge in [-0.3, -0.25) is 4.79 Å². The largest absolute Gasteiger partial charge is 0.377 e. The molecule has 1 aromatic carbocycles. The number of rotatable bonds is 5. The van der Waals surface area contributed by atoms with Gasteiger partial charge in [-0.2, -0.15) is 0 Å². The SMILES string of the molecule is COC(C)(C)CNC(=O)c1cc(Br)cc(S(=O)(=O)Cl)c1. The second-order valence-corrected chi connectivity index (χ2v) is 8.24. The number of benzene rings is 1. The first-order valence-electron chi connectivity index (χ1n) is 5.64. The standard InChI is InChI=1S/C12H15BrClNO4S/c1-12(2,19-3)7-15-11(16)8-4-9(13)6-10(5-8)20(14,17)18/h4-6H,7H2,1-3H3,(H,15,16). The van der Waals surface area contributed by atoms with Crippen molar-refractivity contribution in [2.45, 2.75) is 24.3 Å². The highest BCUT2D eigenvalue weighted by Gasteiger charge is 2.19. The van der Waals surface area contributed by atoms with E-state index in [2.05, 4.69) is 21.2 Å². The minimum absolute atomic E-state index is 0.135. The predicted molar refractivity (Wildman–Crippen MR) is 80.6 cm³/mol. The normalized spacial score (nSPS) is 12.2. The van der Waals surface area contributed by atoms with Crippen LogP contribution in [0.5, 0.6) is 0 Å². The molecule has 0 atom stereocenters. The van der Waals surface area contributed by atoms with Crippen LogP contribution in [0.2, 0.25) is 0 Å². The Morgan fingerprint density at radius 1 is 1.40 bits per heavy atom. The number of halogens is 2. The second kappa shape index (κ2) is 6.43. The predicted octanol–water partition coefficient (Wildman–Crippen LogP) is 2.53. The fourth-order valence-corrected chi connectivity index (χ4v) is 2.75. The molecule has 1 aromatic rings. The van der Waals surface area contributed by atoms with Gasteiger partial charge in [0.15, 0.2) is 0 Å². The number of carbonyl (C=O) groups is 1. The molecule has 5 nitrogen and oxygen atoms in total. The molecule has 0 heterocycles. The number of methoxy groups -OCH3 is 1. The fourth-order valence-electron chi connectivity index (χ4n) is 1.30. The van der Waals surface area contributed by atoms with E-state index < -0.39 is 20.6 Å². The molecule has 0 spiro atoms. The van der Waals surface area contributed by atoms with Crippen molar-refractivity contribution in [2.24, 2.45) is 0 Å². The highest BCUT2D eigenvalue weighted by molar-refractivity contribution is 9.10. The summed E-state index contributed by atoms with van der Waals surface area (Å²) in [7, 11) is 2.93. The summed E-state index contributed by atoms with van der Waals surface area (Å²) in [6.07, 6.45) is 0. The van der Waals surface area contributed by atoms with Crippen molar-refractivity contribution in [2.75, 3.05) is 13.7 Å². The van der Waals surface area contributed by atoms with E-state index in [1.54, 1.807) is 7.11 Å². The van der Waals surface area contributed by atoms with Crippen molar-refractivity contribution in [3.63, 3.8) is 0 Å². The monoisotopic (exact) mass is 383 g/mol. The van der Waals surface area contributed by atoms with E-state index >= 15 is 0 Å². The first-order valence-corrected chi connectivity index (χ1v) is 8.74. The molecule has 0 aliphatic rings. The van der Waals surface area contributed by atoms with Crippen LogP contribution in [-0.2, 0) is 13.8 Å². The van der Waals surface area contributed by atoms with Gasteiger partial charge >= 0.3 is 0 Å². The van der Waals surface area contributed by atoms with Crippen molar-refractivity contribution in [3.05, 3.63) is 28.2 Å². The van der Waals surface area contributed by atoms with Crippen LogP contribution in [0.1, 0.15) is 24.2 Å². The molecule has 1 N–H and O–H groups in total. The van der Waals surface area contributed by atoms with Crippen LogP contribution in [0.4, 0.5) is 0 Å². The van der Waals surface area contributed by atoms with Crippen LogP contribution in [0.3, 0.4) is 0 Å². The maximum atomic E-state index is 12.0. The van der Waals surface area contributed by atoms with Gasteiger partial charge in [0, 0.05) is 34.4 Å². The Morgan fingerprint density at radius 3 is 2.50 bits per heavy atom. The lowest BCUT2D eigenvalue weighted by Gasteiger charge is -2.23. The third-order valence-electron chi connectivity index (χ3n) is 2.64. The van der Waals surface area contributed by atoms with Crippen LogP contribution in [-0.4, -0.2) is 33.6 Å². The maximum Gasteiger partial charge on any atom is 0.261 e. The molecule has 0 aromatic heterocycles. The lowest BCUT2D eigenvalue weighted by molar-refractivity contribution is 0.0228. The molecule has 0 bridgehead atoms. The molecule has 112 valence electrons. The van der Waals surface area contributed by atoms with E-state index in [4.69, 9.17) is 15.4 Å². The fraction of sp³-hybridized carbons (Fsp3) is 0.417. The molecule has 1 rings (SSSR count). The summed E-state index contributed by atoms with van der Waals surface area (Å²) in [5, 5.41) is 2.67. The van der Waals surface area contributed by atoms with Gasteiger partial charge in [-0.1, -0.05) is 15.9 Å². The number of carbonyl (C=O) groups excluding carboxylic acids is 1. The van der Waals surface area contributed by atoms with E-state index in [0.29, 0.717) is 4.47 Å². The molecule has 0 aliphatic heterocycles. The Hall–Kier alpha value is -0.630. The zero-order valence-corrected chi connectivity index (χ0v) is 14.4. The molecule has 0 saturated carbocycles. The molecular weight excluding hydrogens is 370 g/mol. The molecule has 8 heteroatoms. The van der Waals surface area contributed by atoms with E-state index in [0.717, 1.165) is 0 Å². The number of nitrogens with one attached hydrogen (secondary N) is 1. The highest BCUT2D eigenvalue weighted by atomic mass is 79.9. The van der Waals surface area contributed by atoms with Crippen LogP contribution >= 0.6 is 26.6 Å². The van der Waals surface area contributed by atoms with E-state index in [9.17, 15) is 13.2 Å². The van der Waals surface area contributed by atoms with Crippen molar-refractivity contribution < 1.29 is 17.9 Å². The average Bonchev–Trinajstić information content (AvgIpc) is 2.34. The number of amides is 1. The van der Waals surface area contributed by atoms with Gasteiger partial charge in [0.05, 0.1) is 10.5 Å². The van der Waals surface area contributed by atoms with Crippen LogP contribution in [0.15, 0.2) is 27.6 Å². The maximum absolute atomic E-state index is 12.0. The minimum atomic E-state index is -3.89. The first-order chi connectivity index (χ1) is 9.05. The summed E-state index contributed by atoms with van der Waals surface area (Å²) in [5.74, 6) is -0.405. The van der Waals surface area contributed by atoms with E-state index in [-0.39, 0.29) is 17.0 Å². The van der Waals surface area contributed by atoms with Gasteiger partial charge in [-0.05, 0) is 32.0 Å². The van der Waals surface area contributed by atoms with Crippen molar-refractivity contribution in [1.82, 2.24) is 5.32 Å². The van der Waals surface area contributed by atoms with Gasteiger partial charge in [0.25, 0.3) is 15.0 Å². The zero-order valence-electron chi connectivity index (χ0n) is 11.2. The van der Waals surface area contributed by atoms with Gasteiger partial charge in [-0.15, -0.1) is 0 Å². The molecule has 0 radical (unpaired) electrons. The molecule has 20 heavy (non-hydrogen) atoms. The van der Waals surface area contributed by atoms with Crippen molar-refractivity contribution in [3.8, 4) is 0 Å². The lowest BCUT2D eigenvalue weighted by Crippen LogP contribution is -2.39. The summed E-state index contributed by atoms with van der Waals surface area (Å²) in [6.45, 7) is 3.93. The summed E-state index contributed by atoms with van der Waals surface area (Å²) in [4.78, 5) is 11.9. The van der Waals surface area contributed by atoms with Crippen LogP contribution in [0, 0.1) is 0 Å². The van der Waals surface area contributed by atoms with Gasteiger partial charge in [-0.25, -0.2) is 8.42 Å². The first kappa shape index (κ1) is 17.4. The molecular formula is C12H15BrClNO4S. The molecule has 0 unspecified atom stereocenters. The number of ether oxygens (including phenoxy) is 1. The van der Waals surface area contributed by atoms with Crippen molar-refractivity contribution in [1.29, 1.82) is 0 Å². The van der Waals surface area contributed by atoms with Crippen molar-refractivity contribution >= 4 is 41.6 Å². The molecule has 1 amide bonds. The summed E-state index contributed by atoms with van der Waals surface area (Å²) in [5.41, 5.74) is -0.311. The third-order valence-corrected chi connectivity index (χ3v) is 4.43. The number of hydrogen-bond acceptors (Lipinski definition) is 4. The Kier molecular flexibility index (Phi) is 5.60. The molecule has 0 aliphatic carbocycles. The van der Waals surface area contributed by atoms with E-state index in [1.165, 1.54) is 18.2 Å². The average molecular weight is 385 g/mol. The Morgan fingerprint density at radius 2 is 2.00 bits per heavy atom. The Bertz CT molecular complexity index is 616. The minimum Gasteiger partial charge on any atom is -0.377 e. The van der Waals surface area contributed by atoms with Gasteiger partial charge in [0.1, 0.15) is 0 Å². The van der Waals surface area contributed by atoms with Crippen LogP contribution < -0.4 is 5.32 Å². The van der Waals surface area contributed by atoms with Crippen LogP contribution in [0.25, 0.3) is 0 Å². The van der Waals surface area contributed by atoms with Gasteiger partial charge < -0.3 is 10.1 Å². The lowest BCUT2D eigenvalue weighted by atomic mass is 10.1. The number of hydrogen-bond donors (Lipinski definition) is 1. The quantitative estimate of drug-likeness (QED) is 0.792.